The molecule has 0 bridgehead atoms. The molecule has 0 fully saturated rings. The Kier molecular flexibility index (Phi) is 5.80. The van der Waals surface area contributed by atoms with Crippen LogP contribution in [-0.2, 0) is 4.79 Å². The molecule has 2 rings (SSSR count). The van der Waals surface area contributed by atoms with E-state index >= 15 is 0 Å². The summed E-state index contributed by atoms with van der Waals surface area (Å²) < 4.78 is 5.70. The van der Waals surface area contributed by atoms with E-state index < -0.39 is 5.91 Å². The van der Waals surface area contributed by atoms with Gasteiger partial charge < -0.3 is 14.6 Å². The number of aryl methyl sites for hydroxylation is 1. The first kappa shape index (κ1) is 17.4. The van der Waals surface area contributed by atoms with Crippen molar-refractivity contribution >= 4 is 23.6 Å². The first-order chi connectivity index (χ1) is 11.6. The number of hydrogen-bond donors (Lipinski definition) is 1. The fourth-order valence-electron chi connectivity index (χ4n) is 2.34. The largest absolute Gasteiger partial charge is 0.441 e. The lowest BCUT2D eigenvalue weighted by Gasteiger charge is -2.16. The fourth-order valence-corrected chi connectivity index (χ4v) is 2.34. The van der Waals surface area contributed by atoms with Gasteiger partial charge in [-0.3, -0.25) is 4.79 Å². The predicted molar refractivity (Wildman–Crippen MR) is 95.7 cm³/mol. The molecule has 0 radical (unpaired) electrons. The lowest BCUT2D eigenvalue weighted by Crippen LogP contribution is -2.20. The minimum absolute atomic E-state index is 0.00282. The maximum Gasteiger partial charge on any atom is 0.266 e. The van der Waals surface area contributed by atoms with Gasteiger partial charge in [-0.2, -0.15) is 5.26 Å². The number of rotatable bonds is 6. The summed E-state index contributed by atoms with van der Waals surface area (Å²) in [5.41, 5.74) is 1.69. The van der Waals surface area contributed by atoms with Crippen LogP contribution in [0.25, 0.3) is 6.08 Å². The molecular weight excluding hydrogens is 302 g/mol. The van der Waals surface area contributed by atoms with E-state index in [4.69, 9.17) is 4.42 Å². The van der Waals surface area contributed by atoms with Gasteiger partial charge in [0.05, 0.1) is 0 Å². The number of nitrogens with one attached hydrogen (secondary N) is 1. The Morgan fingerprint density at radius 2 is 2.04 bits per heavy atom. The second kappa shape index (κ2) is 8.02. The lowest BCUT2D eigenvalue weighted by atomic mass is 10.2. The number of nitrogens with zero attached hydrogens (tertiary/aromatic N) is 2. The molecule has 0 aliphatic heterocycles. The van der Waals surface area contributed by atoms with Crippen molar-refractivity contribution in [2.75, 3.05) is 23.3 Å². The molecule has 0 saturated heterocycles. The van der Waals surface area contributed by atoms with Crippen LogP contribution in [0.1, 0.15) is 25.2 Å². The van der Waals surface area contributed by atoms with Gasteiger partial charge in [-0.1, -0.05) is 12.1 Å². The number of furan rings is 1. The summed E-state index contributed by atoms with van der Waals surface area (Å²) >= 11 is 0. The first-order valence-corrected chi connectivity index (χ1v) is 7.92. The summed E-state index contributed by atoms with van der Waals surface area (Å²) in [6, 6.07) is 12.9. The number of carbonyl (C=O) groups is 1. The Morgan fingerprint density at radius 1 is 1.29 bits per heavy atom. The summed E-state index contributed by atoms with van der Waals surface area (Å²) in [7, 11) is 0. The lowest BCUT2D eigenvalue weighted by molar-refractivity contribution is -0.112. The Balaban J connectivity index is 2.17. The molecule has 0 saturated carbocycles. The maximum atomic E-state index is 12.3. The summed E-state index contributed by atoms with van der Waals surface area (Å²) in [6.07, 6.45) is 1.46. The van der Waals surface area contributed by atoms with Crippen molar-refractivity contribution in [1.29, 1.82) is 5.26 Å². The van der Waals surface area contributed by atoms with Crippen molar-refractivity contribution in [3.05, 3.63) is 53.3 Å². The molecule has 0 aliphatic rings. The number of benzene rings is 1. The molecule has 0 aliphatic carbocycles. The minimum Gasteiger partial charge on any atom is -0.441 e. The molecule has 0 atom stereocenters. The van der Waals surface area contributed by atoms with Crippen molar-refractivity contribution in [3.8, 4) is 6.07 Å². The van der Waals surface area contributed by atoms with E-state index in [1.165, 1.54) is 6.08 Å². The van der Waals surface area contributed by atoms with Gasteiger partial charge in [0.1, 0.15) is 17.4 Å². The molecule has 5 nitrogen and oxygen atoms in total. The van der Waals surface area contributed by atoms with Gasteiger partial charge in [0, 0.05) is 30.9 Å². The number of nitriles is 1. The molecule has 2 aromatic rings. The summed E-state index contributed by atoms with van der Waals surface area (Å²) in [5.74, 6) is 0.749. The smallest absolute Gasteiger partial charge is 0.266 e. The molecule has 124 valence electrons. The van der Waals surface area contributed by atoms with Crippen LogP contribution < -0.4 is 10.2 Å². The maximum absolute atomic E-state index is 12.3. The van der Waals surface area contributed by atoms with Gasteiger partial charge >= 0.3 is 0 Å². The average molecular weight is 323 g/mol. The van der Waals surface area contributed by atoms with E-state index in [-0.39, 0.29) is 5.57 Å². The van der Waals surface area contributed by atoms with Crippen LogP contribution in [0.3, 0.4) is 0 Å². The van der Waals surface area contributed by atoms with Gasteiger partial charge in [-0.05, 0) is 44.5 Å². The van der Waals surface area contributed by atoms with Crippen molar-refractivity contribution in [2.45, 2.75) is 20.8 Å². The normalized spacial score (nSPS) is 11.0. The average Bonchev–Trinajstić information content (AvgIpc) is 3.02. The topological polar surface area (TPSA) is 69.3 Å². The molecule has 0 spiro atoms. The molecule has 5 heteroatoms. The highest BCUT2D eigenvalue weighted by Gasteiger charge is 2.12. The summed E-state index contributed by atoms with van der Waals surface area (Å²) in [4.78, 5) is 14.3. The summed E-state index contributed by atoms with van der Waals surface area (Å²) in [6.45, 7) is 7.67. The van der Waals surface area contributed by atoms with Crippen LogP contribution in [0.4, 0.5) is 11.6 Å². The van der Waals surface area contributed by atoms with E-state index in [1.54, 1.807) is 12.1 Å². The molecule has 1 amide bonds. The van der Waals surface area contributed by atoms with Crippen LogP contribution >= 0.6 is 0 Å². The molecule has 0 unspecified atom stereocenters. The molecule has 24 heavy (non-hydrogen) atoms. The van der Waals surface area contributed by atoms with Gasteiger partial charge in [-0.15, -0.1) is 0 Å². The van der Waals surface area contributed by atoms with E-state index in [9.17, 15) is 10.1 Å². The van der Waals surface area contributed by atoms with Crippen LogP contribution in [0, 0.1) is 18.3 Å². The zero-order chi connectivity index (χ0) is 17.5. The zero-order valence-corrected chi connectivity index (χ0v) is 14.2. The van der Waals surface area contributed by atoms with E-state index in [0.29, 0.717) is 11.4 Å². The third-order valence-electron chi connectivity index (χ3n) is 3.62. The second-order valence-electron chi connectivity index (χ2n) is 5.34. The van der Waals surface area contributed by atoms with Crippen LogP contribution in [-0.4, -0.2) is 19.0 Å². The van der Waals surface area contributed by atoms with E-state index in [1.807, 2.05) is 51.1 Å². The third kappa shape index (κ3) is 4.26. The quantitative estimate of drug-likeness (QED) is 0.645. The van der Waals surface area contributed by atoms with Crippen LogP contribution in [0.2, 0.25) is 0 Å². The Labute approximate surface area is 142 Å². The molecule has 1 N–H and O–H groups in total. The Morgan fingerprint density at radius 3 is 2.67 bits per heavy atom. The molecular formula is C19H21N3O2. The number of carbonyl (C=O) groups excluding carboxylic acids is 1. The van der Waals surface area contributed by atoms with Crippen molar-refractivity contribution in [2.24, 2.45) is 0 Å². The highest BCUT2D eigenvalue weighted by molar-refractivity contribution is 6.09. The van der Waals surface area contributed by atoms with Gasteiger partial charge in [-0.25, -0.2) is 0 Å². The van der Waals surface area contributed by atoms with Crippen LogP contribution in [0.15, 0.2) is 46.4 Å². The van der Waals surface area contributed by atoms with Crippen LogP contribution in [0.5, 0.6) is 0 Å². The van der Waals surface area contributed by atoms with Gasteiger partial charge in [0.25, 0.3) is 5.91 Å². The Hall–Kier alpha value is -3.00. The summed E-state index contributed by atoms with van der Waals surface area (Å²) in [5, 5.41) is 12.0. The minimum atomic E-state index is -0.455. The molecule has 1 aromatic heterocycles. The standard InChI is InChI=1S/C19H21N3O2/c1-4-22(5-2)18-10-9-17(24-18)12-15(13-20)19(23)21-16-8-6-7-14(3)11-16/h6-12H,4-5H2,1-3H3,(H,21,23). The first-order valence-electron chi connectivity index (χ1n) is 7.92. The molecule has 1 aromatic carbocycles. The second-order valence-corrected chi connectivity index (χ2v) is 5.34. The van der Waals surface area contributed by atoms with Gasteiger partial charge in [0.15, 0.2) is 5.88 Å². The van der Waals surface area contributed by atoms with Crippen molar-refractivity contribution in [3.63, 3.8) is 0 Å². The molecule has 1 heterocycles. The fraction of sp³-hybridized carbons (Fsp3) is 0.263. The van der Waals surface area contributed by atoms with Crippen molar-refractivity contribution < 1.29 is 9.21 Å². The highest BCUT2D eigenvalue weighted by Crippen LogP contribution is 2.20. The number of amides is 1. The monoisotopic (exact) mass is 323 g/mol. The van der Waals surface area contributed by atoms with E-state index in [0.717, 1.165) is 24.5 Å². The van der Waals surface area contributed by atoms with Crippen molar-refractivity contribution in [1.82, 2.24) is 0 Å². The Bertz CT molecular complexity index is 780. The number of anilines is 2. The SMILES string of the molecule is CCN(CC)c1ccc(C=C(C#N)C(=O)Nc2cccc(C)c2)o1. The van der Waals surface area contributed by atoms with Gasteiger partial charge in [0.2, 0.25) is 0 Å². The predicted octanol–water partition coefficient (Wildman–Crippen LogP) is 3.98. The number of hydrogen-bond acceptors (Lipinski definition) is 4. The highest BCUT2D eigenvalue weighted by atomic mass is 16.4. The van der Waals surface area contributed by atoms with E-state index in [2.05, 4.69) is 10.2 Å². The zero-order valence-electron chi connectivity index (χ0n) is 14.2. The third-order valence-corrected chi connectivity index (χ3v) is 3.62.